The second-order valence-corrected chi connectivity index (χ2v) is 4.08. The quantitative estimate of drug-likeness (QED) is 0.643. The highest BCUT2D eigenvalue weighted by Gasteiger charge is 2.16. The van der Waals surface area contributed by atoms with Crippen molar-refractivity contribution in [3.63, 3.8) is 0 Å². The van der Waals surface area contributed by atoms with Gasteiger partial charge in [-0.1, -0.05) is 13.0 Å². The topological polar surface area (TPSA) is 17.8 Å². The van der Waals surface area contributed by atoms with E-state index in [-0.39, 0.29) is 0 Å². The number of rotatable bonds is 1. The van der Waals surface area contributed by atoms with Gasteiger partial charge in [0.1, 0.15) is 0 Å². The molecule has 1 aliphatic carbocycles. The van der Waals surface area contributed by atoms with Gasteiger partial charge in [0, 0.05) is 17.8 Å². The molecule has 1 heterocycles. The van der Waals surface area contributed by atoms with Gasteiger partial charge in [0.05, 0.1) is 5.69 Å². The second kappa shape index (κ2) is 3.02. The number of hydrogen-bond donors (Lipinski definition) is 0. The van der Waals surface area contributed by atoms with Crippen molar-refractivity contribution in [1.82, 2.24) is 9.78 Å². The summed E-state index contributed by atoms with van der Waals surface area (Å²) in [6.07, 6.45) is 7.68. The van der Waals surface area contributed by atoms with Gasteiger partial charge in [-0.3, -0.25) is 4.68 Å². The highest BCUT2D eigenvalue weighted by molar-refractivity contribution is 5.52. The monoisotopic (exact) mass is 176 g/mol. The Kier molecular flexibility index (Phi) is 1.98. The van der Waals surface area contributed by atoms with E-state index in [9.17, 15) is 0 Å². The lowest BCUT2D eigenvalue weighted by molar-refractivity contribution is 0.531. The lowest BCUT2D eigenvalue weighted by atomic mass is 9.94. The van der Waals surface area contributed by atoms with Crippen molar-refractivity contribution in [2.45, 2.75) is 39.2 Å². The number of fused-ring (bicyclic) bond motifs is 1. The maximum Gasteiger partial charge on any atom is 0.0882 e. The molecule has 0 N–H and O–H groups in total. The van der Waals surface area contributed by atoms with Crippen molar-refractivity contribution in [3.05, 3.63) is 23.5 Å². The fraction of sp³-hybridized carbons (Fsp3) is 0.545. The zero-order chi connectivity index (χ0) is 9.42. The zero-order valence-electron chi connectivity index (χ0n) is 8.49. The molecule has 2 heteroatoms. The Bertz CT molecular complexity index is 334. The molecule has 0 spiro atoms. The van der Waals surface area contributed by atoms with Crippen LogP contribution in [0.15, 0.2) is 12.3 Å². The van der Waals surface area contributed by atoms with E-state index in [1.165, 1.54) is 5.56 Å². The SMILES string of the molecule is CC1CC=Cc2nn(C(C)C)cc21. The molecule has 1 unspecified atom stereocenters. The molecule has 1 aromatic rings. The van der Waals surface area contributed by atoms with E-state index in [2.05, 4.69) is 48.9 Å². The molecular formula is C11H16N2. The first-order valence-electron chi connectivity index (χ1n) is 4.94. The molecule has 0 saturated heterocycles. The molecule has 2 rings (SSSR count). The van der Waals surface area contributed by atoms with Crippen LogP contribution >= 0.6 is 0 Å². The van der Waals surface area contributed by atoms with Crippen molar-refractivity contribution in [2.24, 2.45) is 0 Å². The van der Waals surface area contributed by atoms with Crippen LogP contribution in [0.5, 0.6) is 0 Å². The molecule has 0 aliphatic heterocycles. The lowest BCUT2D eigenvalue weighted by Gasteiger charge is -2.10. The highest BCUT2D eigenvalue weighted by atomic mass is 15.3. The smallest absolute Gasteiger partial charge is 0.0882 e. The predicted molar refractivity (Wildman–Crippen MR) is 54.7 cm³/mol. The Morgan fingerprint density at radius 3 is 2.92 bits per heavy atom. The average molecular weight is 176 g/mol. The molecule has 0 fully saturated rings. The minimum atomic E-state index is 0.464. The van der Waals surface area contributed by atoms with Crippen molar-refractivity contribution >= 4 is 6.08 Å². The van der Waals surface area contributed by atoms with Crippen molar-refractivity contribution in [1.29, 1.82) is 0 Å². The van der Waals surface area contributed by atoms with Crippen LogP contribution in [0, 0.1) is 0 Å². The van der Waals surface area contributed by atoms with Crippen LogP contribution in [0.4, 0.5) is 0 Å². The van der Waals surface area contributed by atoms with Gasteiger partial charge in [0.2, 0.25) is 0 Å². The van der Waals surface area contributed by atoms with Crippen molar-refractivity contribution in [3.8, 4) is 0 Å². The zero-order valence-corrected chi connectivity index (χ0v) is 8.49. The maximum absolute atomic E-state index is 4.53. The fourth-order valence-electron chi connectivity index (χ4n) is 1.70. The molecule has 0 bridgehead atoms. The Morgan fingerprint density at radius 1 is 1.54 bits per heavy atom. The summed E-state index contributed by atoms with van der Waals surface area (Å²) >= 11 is 0. The minimum absolute atomic E-state index is 0.464. The van der Waals surface area contributed by atoms with Crippen LogP contribution in [0.3, 0.4) is 0 Å². The van der Waals surface area contributed by atoms with Gasteiger partial charge in [-0.2, -0.15) is 5.10 Å². The third-order valence-corrected chi connectivity index (χ3v) is 2.62. The van der Waals surface area contributed by atoms with Crippen LogP contribution in [0.25, 0.3) is 6.08 Å². The first-order chi connectivity index (χ1) is 6.18. The average Bonchev–Trinajstić information content (AvgIpc) is 2.49. The number of hydrogen-bond acceptors (Lipinski definition) is 1. The van der Waals surface area contributed by atoms with E-state index in [4.69, 9.17) is 0 Å². The van der Waals surface area contributed by atoms with E-state index in [1.54, 1.807) is 0 Å². The van der Waals surface area contributed by atoms with Gasteiger partial charge in [-0.25, -0.2) is 0 Å². The van der Waals surface area contributed by atoms with Gasteiger partial charge in [0.15, 0.2) is 0 Å². The van der Waals surface area contributed by atoms with E-state index in [1.807, 2.05) is 0 Å². The third kappa shape index (κ3) is 1.41. The van der Waals surface area contributed by atoms with Gasteiger partial charge < -0.3 is 0 Å². The van der Waals surface area contributed by atoms with Crippen LogP contribution in [0.2, 0.25) is 0 Å². The molecule has 1 aromatic heterocycles. The number of allylic oxidation sites excluding steroid dienone is 1. The van der Waals surface area contributed by atoms with E-state index >= 15 is 0 Å². The molecule has 2 nitrogen and oxygen atoms in total. The Balaban J connectivity index is 2.43. The van der Waals surface area contributed by atoms with Crippen molar-refractivity contribution in [2.75, 3.05) is 0 Å². The molecule has 1 aliphatic rings. The summed E-state index contributed by atoms with van der Waals surface area (Å²) in [7, 11) is 0. The molecule has 0 amide bonds. The normalized spacial score (nSPS) is 20.8. The number of nitrogens with zero attached hydrogens (tertiary/aromatic N) is 2. The lowest BCUT2D eigenvalue weighted by Crippen LogP contribution is -2.00. The van der Waals surface area contributed by atoms with E-state index in [0.717, 1.165) is 12.1 Å². The molecule has 1 atom stereocenters. The van der Waals surface area contributed by atoms with Crippen LogP contribution in [-0.2, 0) is 0 Å². The number of aromatic nitrogens is 2. The van der Waals surface area contributed by atoms with Gasteiger partial charge in [-0.05, 0) is 32.3 Å². The molecular weight excluding hydrogens is 160 g/mol. The Morgan fingerprint density at radius 2 is 2.31 bits per heavy atom. The molecule has 13 heavy (non-hydrogen) atoms. The van der Waals surface area contributed by atoms with Crippen LogP contribution in [0.1, 0.15) is 50.4 Å². The van der Waals surface area contributed by atoms with Crippen molar-refractivity contribution < 1.29 is 0 Å². The standard InChI is InChI=1S/C11H16N2/c1-8(2)13-7-10-9(3)5-4-6-11(10)12-13/h4,6-9H,5H2,1-3H3. The third-order valence-electron chi connectivity index (χ3n) is 2.62. The summed E-state index contributed by atoms with van der Waals surface area (Å²) in [5, 5.41) is 4.53. The Hall–Kier alpha value is -1.05. The summed E-state index contributed by atoms with van der Waals surface area (Å²) in [6.45, 7) is 6.58. The van der Waals surface area contributed by atoms with Crippen LogP contribution < -0.4 is 0 Å². The molecule has 0 saturated carbocycles. The molecule has 70 valence electrons. The fourth-order valence-corrected chi connectivity index (χ4v) is 1.70. The highest BCUT2D eigenvalue weighted by Crippen LogP contribution is 2.28. The van der Waals surface area contributed by atoms with Crippen LogP contribution in [-0.4, -0.2) is 9.78 Å². The minimum Gasteiger partial charge on any atom is -0.269 e. The molecule has 0 aromatic carbocycles. The summed E-state index contributed by atoms with van der Waals surface area (Å²) in [6, 6.07) is 0.464. The largest absolute Gasteiger partial charge is 0.269 e. The van der Waals surface area contributed by atoms with E-state index in [0.29, 0.717) is 12.0 Å². The maximum atomic E-state index is 4.53. The van der Waals surface area contributed by atoms with Gasteiger partial charge >= 0.3 is 0 Å². The summed E-state index contributed by atoms with van der Waals surface area (Å²) in [4.78, 5) is 0. The second-order valence-electron chi connectivity index (χ2n) is 4.08. The summed E-state index contributed by atoms with van der Waals surface area (Å²) in [5.74, 6) is 0.632. The first kappa shape index (κ1) is 8.54. The molecule has 0 radical (unpaired) electrons. The van der Waals surface area contributed by atoms with Gasteiger partial charge in [-0.15, -0.1) is 0 Å². The Labute approximate surface area is 79.3 Å². The first-order valence-corrected chi connectivity index (χ1v) is 4.94. The van der Waals surface area contributed by atoms with Gasteiger partial charge in [0.25, 0.3) is 0 Å². The van der Waals surface area contributed by atoms with E-state index < -0.39 is 0 Å². The summed E-state index contributed by atoms with van der Waals surface area (Å²) in [5.41, 5.74) is 2.56. The summed E-state index contributed by atoms with van der Waals surface area (Å²) < 4.78 is 2.05. The predicted octanol–water partition coefficient (Wildman–Crippen LogP) is 2.98.